The fourth-order valence-electron chi connectivity index (χ4n) is 3.60. The van der Waals surface area contributed by atoms with Crippen LogP contribution in [0.3, 0.4) is 0 Å². The van der Waals surface area contributed by atoms with Crippen molar-refractivity contribution in [2.24, 2.45) is 10.7 Å². The first-order valence-corrected chi connectivity index (χ1v) is 9.92. The summed E-state index contributed by atoms with van der Waals surface area (Å²) in [6, 6.07) is 10.2. The molecule has 0 saturated heterocycles. The van der Waals surface area contributed by atoms with Crippen molar-refractivity contribution in [1.82, 2.24) is 9.88 Å². The zero-order valence-electron chi connectivity index (χ0n) is 17.3. The van der Waals surface area contributed by atoms with E-state index < -0.39 is 0 Å². The molecule has 6 nitrogen and oxygen atoms in total. The van der Waals surface area contributed by atoms with E-state index in [0.717, 1.165) is 36.3 Å². The standard InChI is InChI=1S/C21H29N5O.C2H2/c1-26(2)14-15-7-6-10-17(13-15)25-20(22)19-18(11-12-23-21(19)27)24-16-8-4-3-5-9-16;1-2/h6-7,10-13,16H,3-5,8-9,14H2,1-2H3,(H2,22,25)(H2,23,24,27);1-2H. The van der Waals surface area contributed by atoms with Crippen LogP contribution >= 0.6 is 0 Å². The van der Waals surface area contributed by atoms with Gasteiger partial charge in [-0.05, 0) is 50.7 Å². The number of amidine groups is 1. The quantitative estimate of drug-likeness (QED) is 0.398. The Morgan fingerprint density at radius 3 is 2.66 bits per heavy atom. The predicted molar refractivity (Wildman–Crippen MR) is 122 cm³/mol. The molecule has 0 amide bonds. The van der Waals surface area contributed by atoms with Gasteiger partial charge < -0.3 is 20.9 Å². The normalized spacial score (nSPS) is 14.9. The summed E-state index contributed by atoms with van der Waals surface area (Å²) < 4.78 is 0. The van der Waals surface area contributed by atoms with E-state index >= 15 is 0 Å². The van der Waals surface area contributed by atoms with E-state index in [2.05, 4.69) is 39.1 Å². The Bertz CT molecular complexity index is 891. The third kappa shape index (κ3) is 6.51. The maximum absolute atomic E-state index is 12.5. The molecule has 4 N–H and O–H groups in total. The van der Waals surface area contributed by atoms with E-state index in [1.807, 2.05) is 38.4 Å². The minimum Gasteiger partial charge on any atom is -0.383 e. The van der Waals surface area contributed by atoms with Crippen molar-refractivity contribution in [3.63, 3.8) is 0 Å². The highest BCUT2D eigenvalue weighted by atomic mass is 16.1. The van der Waals surface area contributed by atoms with Gasteiger partial charge in [0.2, 0.25) is 0 Å². The number of nitrogens with two attached hydrogens (primary N) is 1. The molecule has 3 rings (SSSR count). The van der Waals surface area contributed by atoms with Gasteiger partial charge >= 0.3 is 0 Å². The van der Waals surface area contributed by atoms with Crippen molar-refractivity contribution in [3.8, 4) is 12.8 Å². The number of aromatic nitrogens is 1. The molecule has 0 bridgehead atoms. The molecule has 1 aliphatic rings. The van der Waals surface area contributed by atoms with Gasteiger partial charge in [-0.3, -0.25) is 4.79 Å². The number of nitrogens with zero attached hydrogens (tertiary/aromatic N) is 2. The molecule has 29 heavy (non-hydrogen) atoms. The molecule has 6 heteroatoms. The summed E-state index contributed by atoms with van der Waals surface area (Å²) >= 11 is 0. The number of nitrogens with one attached hydrogen (secondary N) is 2. The van der Waals surface area contributed by atoms with E-state index in [1.54, 1.807) is 6.20 Å². The number of hydrogen-bond donors (Lipinski definition) is 3. The average molecular weight is 394 g/mol. The SMILES string of the molecule is C#C.CN(C)Cc1cccc(N=C(N)c2c(NC3CCCCC3)cc[nH]c2=O)c1. The number of H-pyrrole nitrogens is 1. The van der Waals surface area contributed by atoms with Crippen molar-refractivity contribution < 1.29 is 0 Å². The van der Waals surface area contributed by atoms with Gasteiger partial charge in [-0.1, -0.05) is 31.4 Å². The van der Waals surface area contributed by atoms with Crippen LogP contribution in [0.4, 0.5) is 11.4 Å². The molecule has 0 aliphatic heterocycles. The lowest BCUT2D eigenvalue weighted by atomic mass is 9.95. The number of aromatic amines is 1. The molecule has 1 heterocycles. The molecule has 0 unspecified atom stereocenters. The lowest BCUT2D eigenvalue weighted by Crippen LogP contribution is -2.29. The van der Waals surface area contributed by atoms with Gasteiger partial charge in [-0.2, -0.15) is 0 Å². The topological polar surface area (TPSA) is 86.5 Å². The minimum atomic E-state index is -0.221. The van der Waals surface area contributed by atoms with Crippen LogP contribution in [0, 0.1) is 12.8 Å². The maximum atomic E-state index is 12.5. The summed E-state index contributed by atoms with van der Waals surface area (Å²) in [4.78, 5) is 21.8. The third-order valence-electron chi connectivity index (χ3n) is 4.84. The summed E-state index contributed by atoms with van der Waals surface area (Å²) in [5, 5.41) is 3.51. The molecular weight excluding hydrogens is 362 g/mol. The van der Waals surface area contributed by atoms with Crippen LogP contribution in [0.25, 0.3) is 0 Å². The van der Waals surface area contributed by atoms with Crippen LogP contribution in [0.1, 0.15) is 43.2 Å². The average Bonchev–Trinajstić information content (AvgIpc) is 2.70. The van der Waals surface area contributed by atoms with Gasteiger partial charge in [-0.25, -0.2) is 4.99 Å². The second-order valence-corrected chi connectivity index (χ2v) is 7.48. The van der Waals surface area contributed by atoms with Crippen molar-refractivity contribution in [2.45, 2.75) is 44.7 Å². The van der Waals surface area contributed by atoms with Crippen LogP contribution in [0.5, 0.6) is 0 Å². The van der Waals surface area contributed by atoms with Crippen molar-refractivity contribution in [3.05, 3.63) is 58.0 Å². The monoisotopic (exact) mass is 393 g/mol. The Hall–Kier alpha value is -3.04. The first-order valence-electron chi connectivity index (χ1n) is 9.92. The Labute approximate surface area is 173 Å². The summed E-state index contributed by atoms with van der Waals surface area (Å²) in [7, 11) is 4.05. The van der Waals surface area contributed by atoms with E-state index in [1.165, 1.54) is 19.3 Å². The lowest BCUT2D eigenvalue weighted by Gasteiger charge is -2.24. The Balaban J connectivity index is 0.00000145. The van der Waals surface area contributed by atoms with Crippen molar-refractivity contribution in [1.29, 1.82) is 0 Å². The highest BCUT2D eigenvalue weighted by Crippen LogP contribution is 2.23. The van der Waals surface area contributed by atoms with Crippen molar-refractivity contribution >= 4 is 17.2 Å². The molecule has 1 aromatic heterocycles. The maximum Gasteiger partial charge on any atom is 0.261 e. The van der Waals surface area contributed by atoms with Crippen LogP contribution in [-0.2, 0) is 6.54 Å². The molecule has 1 saturated carbocycles. The van der Waals surface area contributed by atoms with Gasteiger partial charge in [0.15, 0.2) is 0 Å². The molecule has 1 aromatic carbocycles. The summed E-state index contributed by atoms with van der Waals surface area (Å²) in [6.45, 7) is 0.823. The second-order valence-electron chi connectivity index (χ2n) is 7.48. The molecule has 0 radical (unpaired) electrons. The molecule has 0 atom stereocenters. The second kappa shape index (κ2) is 11.1. The molecule has 1 aliphatic carbocycles. The van der Waals surface area contributed by atoms with Gasteiger partial charge in [-0.15, -0.1) is 12.8 Å². The molecule has 0 spiro atoms. The number of aliphatic imine (C=N–C) groups is 1. The fraction of sp³-hybridized carbons (Fsp3) is 0.391. The smallest absolute Gasteiger partial charge is 0.261 e. The zero-order valence-corrected chi connectivity index (χ0v) is 17.3. The Morgan fingerprint density at radius 1 is 1.24 bits per heavy atom. The molecule has 1 fully saturated rings. The van der Waals surface area contributed by atoms with Gasteiger partial charge in [0.25, 0.3) is 5.56 Å². The summed E-state index contributed by atoms with van der Waals surface area (Å²) in [5.74, 6) is 0.233. The number of rotatable bonds is 6. The van der Waals surface area contributed by atoms with Crippen LogP contribution < -0.4 is 16.6 Å². The van der Waals surface area contributed by atoms with E-state index in [-0.39, 0.29) is 11.4 Å². The lowest BCUT2D eigenvalue weighted by molar-refractivity contribution is 0.402. The zero-order chi connectivity index (χ0) is 21.2. The van der Waals surface area contributed by atoms with E-state index in [0.29, 0.717) is 11.6 Å². The number of anilines is 1. The molecule has 154 valence electrons. The number of pyridine rings is 1. The van der Waals surface area contributed by atoms with Gasteiger partial charge in [0.1, 0.15) is 11.4 Å². The first kappa shape index (κ1) is 22.3. The van der Waals surface area contributed by atoms with E-state index in [9.17, 15) is 4.79 Å². The minimum absolute atomic E-state index is 0.221. The Morgan fingerprint density at radius 2 is 1.97 bits per heavy atom. The fourth-order valence-corrected chi connectivity index (χ4v) is 3.60. The van der Waals surface area contributed by atoms with Gasteiger partial charge in [0, 0.05) is 18.8 Å². The molecule has 2 aromatic rings. The first-order chi connectivity index (χ1) is 14.0. The number of benzene rings is 1. The Kier molecular flexibility index (Phi) is 8.50. The summed E-state index contributed by atoms with van der Waals surface area (Å²) in [6.07, 6.45) is 15.6. The largest absolute Gasteiger partial charge is 0.383 e. The van der Waals surface area contributed by atoms with Crippen molar-refractivity contribution in [2.75, 3.05) is 19.4 Å². The number of terminal acetylenes is 1. The van der Waals surface area contributed by atoms with E-state index in [4.69, 9.17) is 5.73 Å². The van der Waals surface area contributed by atoms with Crippen LogP contribution in [-0.4, -0.2) is 35.9 Å². The number of hydrogen-bond acceptors (Lipinski definition) is 4. The van der Waals surface area contributed by atoms with Gasteiger partial charge in [0.05, 0.1) is 11.4 Å². The third-order valence-corrected chi connectivity index (χ3v) is 4.84. The highest BCUT2D eigenvalue weighted by molar-refractivity contribution is 6.03. The molecular formula is C23H31N5O. The highest BCUT2D eigenvalue weighted by Gasteiger charge is 2.17. The summed E-state index contributed by atoms with van der Waals surface area (Å²) in [5.41, 5.74) is 9.12. The van der Waals surface area contributed by atoms with Crippen LogP contribution in [0.15, 0.2) is 46.3 Å². The van der Waals surface area contributed by atoms with Crippen LogP contribution in [0.2, 0.25) is 0 Å². The predicted octanol–water partition coefficient (Wildman–Crippen LogP) is 3.47.